The number of benzene rings is 1. The van der Waals surface area contributed by atoms with Crippen LogP contribution in [0.3, 0.4) is 0 Å². The van der Waals surface area contributed by atoms with Crippen LogP contribution in [0.2, 0.25) is 0 Å². The molecule has 0 saturated heterocycles. The van der Waals surface area contributed by atoms with E-state index in [0.29, 0.717) is 0 Å². The lowest BCUT2D eigenvalue weighted by Gasteiger charge is -2.19. The standard InChI is InChI=1S/C12H18N2O/c13-6-2-1-3-10-4-5-12-11(9-10)14-7-8-15-12/h4-5,9,14H,1-3,6-8,13H2. The summed E-state index contributed by atoms with van der Waals surface area (Å²) >= 11 is 0. The van der Waals surface area contributed by atoms with Crippen molar-refractivity contribution in [3.8, 4) is 5.75 Å². The first-order valence-electron chi connectivity index (χ1n) is 5.60. The van der Waals surface area contributed by atoms with E-state index < -0.39 is 0 Å². The number of unbranched alkanes of at least 4 members (excludes halogenated alkanes) is 1. The normalized spacial score (nSPS) is 13.9. The van der Waals surface area contributed by atoms with Gasteiger partial charge in [0.05, 0.1) is 5.69 Å². The molecule has 0 radical (unpaired) electrons. The SMILES string of the molecule is NCCCCc1ccc2c(c1)NCCO2. The molecule has 15 heavy (non-hydrogen) atoms. The maximum absolute atomic E-state index is 5.52. The van der Waals surface area contributed by atoms with Crippen LogP contribution in [0, 0.1) is 0 Å². The van der Waals surface area contributed by atoms with Crippen molar-refractivity contribution in [1.82, 2.24) is 0 Å². The second-order valence-corrected chi connectivity index (χ2v) is 3.85. The van der Waals surface area contributed by atoms with Crippen molar-refractivity contribution < 1.29 is 4.74 Å². The molecule has 0 aromatic heterocycles. The molecule has 82 valence electrons. The maximum Gasteiger partial charge on any atom is 0.142 e. The van der Waals surface area contributed by atoms with Crippen molar-refractivity contribution in [2.75, 3.05) is 25.0 Å². The molecular weight excluding hydrogens is 188 g/mol. The minimum absolute atomic E-state index is 0.763. The van der Waals surface area contributed by atoms with Crippen LogP contribution in [0.15, 0.2) is 18.2 Å². The highest BCUT2D eigenvalue weighted by Gasteiger charge is 2.09. The van der Waals surface area contributed by atoms with Gasteiger partial charge < -0.3 is 15.8 Å². The highest BCUT2D eigenvalue weighted by molar-refractivity contribution is 5.59. The summed E-state index contributed by atoms with van der Waals surface area (Å²) in [5, 5.41) is 3.34. The van der Waals surface area contributed by atoms with E-state index in [1.54, 1.807) is 0 Å². The van der Waals surface area contributed by atoms with Gasteiger partial charge in [-0.3, -0.25) is 0 Å². The summed E-state index contributed by atoms with van der Waals surface area (Å²) in [5.74, 6) is 0.976. The van der Waals surface area contributed by atoms with Crippen molar-refractivity contribution in [1.29, 1.82) is 0 Å². The van der Waals surface area contributed by atoms with E-state index in [1.807, 2.05) is 0 Å². The molecule has 0 spiro atoms. The van der Waals surface area contributed by atoms with Gasteiger partial charge in [0, 0.05) is 6.54 Å². The highest BCUT2D eigenvalue weighted by Crippen LogP contribution is 2.28. The van der Waals surface area contributed by atoms with Gasteiger partial charge in [-0.25, -0.2) is 0 Å². The minimum Gasteiger partial charge on any atom is -0.490 e. The van der Waals surface area contributed by atoms with Crippen LogP contribution in [0.1, 0.15) is 18.4 Å². The number of nitrogens with one attached hydrogen (secondary N) is 1. The van der Waals surface area contributed by atoms with E-state index in [4.69, 9.17) is 10.5 Å². The quantitative estimate of drug-likeness (QED) is 0.738. The highest BCUT2D eigenvalue weighted by atomic mass is 16.5. The predicted molar refractivity (Wildman–Crippen MR) is 62.4 cm³/mol. The molecule has 0 bridgehead atoms. The van der Waals surface area contributed by atoms with Crippen LogP contribution < -0.4 is 15.8 Å². The average Bonchev–Trinajstić information content (AvgIpc) is 2.29. The number of fused-ring (bicyclic) bond motifs is 1. The monoisotopic (exact) mass is 206 g/mol. The Labute approximate surface area is 90.6 Å². The Kier molecular flexibility index (Phi) is 3.45. The molecule has 3 heteroatoms. The van der Waals surface area contributed by atoms with Gasteiger partial charge in [0.25, 0.3) is 0 Å². The molecule has 0 unspecified atom stereocenters. The van der Waals surface area contributed by atoms with Crippen LogP contribution >= 0.6 is 0 Å². The summed E-state index contributed by atoms with van der Waals surface area (Å²) in [4.78, 5) is 0. The fourth-order valence-corrected chi connectivity index (χ4v) is 1.82. The van der Waals surface area contributed by atoms with E-state index in [1.165, 1.54) is 5.56 Å². The summed E-state index contributed by atoms with van der Waals surface area (Å²) in [6.07, 6.45) is 3.36. The van der Waals surface area contributed by atoms with Crippen LogP contribution in [-0.2, 0) is 6.42 Å². The molecule has 0 saturated carbocycles. The second kappa shape index (κ2) is 5.03. The fraction of sp³-hybridized carbons (Fsp3) is 0.500. The molecule has 3 nitrogen and oxygen atoms in total. The lowest BCUT2D eigenvalue weighted by atomic mass is 10.1. The first-order valence-corrected chi connectivity index (χ1v) is 5.60. The van der Waals surface area contributed by atoms with Crippen molar-refractivity contribution in [3.63, 3.8) is 0 Å². The van der Waals surface area contributed by atoms with E-state index >= 15 is 0 Å². The van der Waals surface area contributed by atoms with Crippen LogP contribution in [0.25, 0.3) is 0 Å². The zero-order chi connectivity index (χ0) is 10.5. The summed E-state index contributed by atoms with van der Waals surface area (Å²) in [7, 11) is 0. The van der Waals surface area contributed by atoms with Gasteiger partial charge in [-0.05, 0) is 43.5 Å². The van der Waals surface area contributed by atoms with Crippen molar-refractivity contribution in [3.05, 3.63) is 23.8 Å². The number of aryl methyl sites for hydroxylation is 1. The molecule has 1 aliphatic rings. The van der Waals surface area contributed by atoms with Gasteiger partial charge in [0.15, 0.2) is 0 Å². The molecule has 3 N–H and O–H groups in total. The largest absolute Gasteiger partial charge is 0.490 e. The Morgan fingerprint density at radius 2 is 2.27 bits per heavy atom. The maximum atomic E-state index is 5.52. The molecule has 1 aliphatic heterocycles. The van der Waals surface area contributed by atoms with Gasteiger partial charge in [0.1, 0.15) is 12.4 Å². The number of hydrogen-bond acceptors (Lipinski definition) is 3. The molecule has 1 aromatic rings. The Balaban J connectivity index is 2.00. The Hall–Kier alpha value is -1.22. The third-order valence-corrected chi connectivity index (χ3v) is 2.64. The number of nitrogens with two attached hydrogens (primary N) is 1. The van der Waals surface area contributed by atoms with Gasteiger partial charge >= 0.3 is 0 Å². The van der Waals surface area contributed by atoms with Gasteiger partial charge in [-0.2, -0.15) is 0 Å². The van der Waals surface area contributed by atoms with E-state index in [0.717, 1.165) is 50.4 Å². The van der Waals surface area contributed by atoms with Crippen LogP contribution in [0.5, 0.6) is 5.75 Å². The van der Waals surface area contributed by atoms with E-state index in [9.17, 15) is 0 Å². The van der Waals surface area contributed by atoms with Gasteiger partial charge in [-0.15, -0.1) is 0 Å². The summed E-state index contributed by atoms with van der Waals surface area (Å²) < 4.78 is 5.52. The van der Waals surface area contributed by atoms with Gasteiger partial charge in [-0.1, -0.05) is 6.07 Å². The number of rotatable bonds is 4. The third kappa shape index (κ3) is 2.63. The molecular formula is C12H18N2O. The second-order valence-electron chi connectivity index (χ2n) is 3.85. The molecule has 0 atom stereocenters. The first-order chi connectivity index (χ1) is 7.40. The molecule has 0 fully saturated rings. The van der Waals surface area contributed by atoms with Crippen LogP contribution in [0.4, 0.5) is 5.69 Å². The minimum atomic E-state index is 0.763. The summed E-state index contributed by atoms with van der Waals surface area (Å²) in [6, 6.07) is 6.38. The van der Waals surface area contributed by atoms with Crippen molar-refractivity contribution >= 4 is 5.69 Å². The number of hydrogen-bond donors (Lipinski definition) is 2. The third-order valence-electron chi connectivity index (χ3n) is 2.64. The molecule has 0 amide bonds. The van der Waals surface area contributed by atoms with E-state index in [2.05, 4.69) is 23.5 Å². The molecule has 2 rings (SSSR count). The van der Waals surface area contributed by atoms with Gasteiger partial charge in [0.2, 0.25) is 0 Å². The summed E-state index contributed by atoms with van der Waals surface area (Å²) in [5.41, 5.74) is 7.96. The topological polar surface area (TPSA) is 47.3 Å². The Morgan fingerprint density at radius 1 is 1.33 bits per heavy atom. The Bertz CT molecular complexity index is 325. The fourth-order valence-electron chi connectivity index (χ4n) is 1.82. The zero-order valence-electron chi connectivity index (χ0n) is 8.96. The lowest BCUT2D eigenvalue weighted by molar-refractivity contribution is 0.323. The first kappa shape index (κ1) is 10.3. The lowest BCUT2D eigenvalue weighted by Crippen LogP contribution is -2.18. The van der Waals surface area contributed by atoms with Crippen molar-refractivity contribution in [2.24, 2.45) is 5.73 Å². The van der Waals surface area contributed by atoms with Crippen LogP contribution in [-0.4, -0.2) is 19.7 Å². The van der Waals surface area contributed by atoms with Crippen molar-refractivity contribution in [2.45, 2.75) is 19.3 Å². The van der Waals surface area contributed by atoms with E-state index in [-0.39, 0.29) is 0 Å². The zero-order valence-corrected chi connectivity index (χ0v) is 8.96. The molecule has 0 aliphatic carbocycles. The smallest absolute Gasteiger partial charge is 0.142 e. The number of ether oxygens (including phenoxy) is 1. The molecule has 1 heterocycles. The Morgan fingerprint density at radius 3 is 3.13 bits per heavy atom. The number of anilines is 1. The molecule has 1 aromatic carbocycles. The summed E-state index contributed by atoms with van der Waals surface area (Å²) in [6.45, 7) is 2.45. The average molecular weight is 206 g/mol. The predicted octanol–water partition coefficient (Wildman–Crippen LogP) is 1.77.